The van der Waals surface area contributed by atoms with Gasteiger partial charge in [-0.2, -0.15) is 0 Å². The number of amides is 1. The molecule has 2 aromatic rings. The highest BCUT2D eigenvalue weighted by molar-refractivity contribution is 7.80. The van der Waals surface area contributed by atoms with Gasteiger partial charge in [0.05, 0.1) is 26.2 Å². The number of rotatable bonds is 4. The maximum atomic E-state index is 12.5. The Morgan fingerprint density at radius 2 is 1.69 bits per heavy atom. The predicted molar refractivity (Wildman–Crippen MR) is 124 cm³/mol. The van der Waals surface area contributed by atoms with Crippen molar-refractivity contribution < 1.29 is 9.69 Å². The molecular weight excluding hydrogens is 380 g/mol. The first kappa shape index (κ1) is 21.3. The summed E-state index contributed by atoms with van der Waals surface area (Å²) in [5.41, 5.74) is 6.71. The summed E-state index contributed by atoms with van der Waals surface area (Å²) in [6, 6.07) is 12.4. The molecule has 1 saturated heterocycles. The second kappa shape index (κ2) is 9.37. The third-order valence-electron chi connectivity index (χ3n) is 5.52. The van der Waals surface area contributed by atoms with Crippen LogP contribution in [0.1, 0.15) is 22.3 Å². The predicted octanol–water partition coefficient (Wildman–Crippen LogP) is 2.46. The number of piperazine rings is 1. The van der Waals surface area contributed by atoms with E-state index in [0.717, 1.165) is 48.2 Å². The van der Waals surface area contributed by atoms with Crippen molar-refractivity contribution in [3.05, 3.63) is 58.7 Å². The number of carbonyl (C=O) groups excluding carboxylic acids is 1. The topological polar surface area (TPSA) is 48.8 Å². The molecule has 1 aliphatic heterocycles. The number of carbonyl (C=O) groups is 1. The molecule has 154 valence electrons. The lowest BCUT2D eigenvalue weighted by atomic mass is 10.1. The second-order valence-electron chi connectivity index (χ2n) is 8.02. The van der Waals surface area contributed by atoms with Gasteiger partial charge < -0.3 is 20.4 Å². The van der Waals surface area contributed by atoms with Crippen molar-refractivity contribution in [2.24, 2.45) is 0 Å². The Labute approximate surface area is 179 Å². The summed E-state index contributed by atoms with van der Waals surface area (Å²) in [6.07, 6.45) is 0. The molecule has 6 heteroatoms. The quantitative estimate of drug-likeness (QED) is 0.677. The lowest BCUT2D eigenvalue weighted by Gasteiger charge is -2.33. The van der Waals surface area contributed by atoms with Crippen molar-refractivity contribution in [2.75, 3.05) is 43.4 Å². The Morgan fingerprint density at radius 1 is 1.03 bits per heavy atom. The van der Waals surface area contributed by atoms with Gasteiger partial charge in [-0.05, 0) is 80.4 Å². The number of benzene rings is 2. The molecule has 0 spiro atoms. The summed E-state index contributed by atoms with van der Waals surface area (Å²) in [5, 5.41) is 7.18. The average Bonchev–Trinajstić information content (AvgIpc) is 2.65. The van der Waals surface area contributed by atoms with Gasteiger partial charge in [-0.25, -0.2) is 0 Å². The Kier molecular flexibility index (Phi) is 6.87. The average molecular weight is 412 g/mol. The van der Waals surface area contributed by atoms with Gasteiger partial charge in [0, 0.05) is 11.4 Å². The fourth-order valence-electron chi connectivity index (χ4n) is 3.76. The highest BCUT2D eigenvalue weighted by Gasteiger charge is 2.24. The highest BCUT2D eigenvalue weighted by atomic mass is 32.1. The molecule has 0 bridgehead atoms. The van der Waals surface area contributed by atoms with E-state index >= 15 is 0 Å². The molecule has 1 amide bonds. The van der Waals surface area contributed by atoms with Gasteiger partial charge in [-0.15, -0.1) is 0 Å². The molecular formula is C23H31N4OS+. The highest BCUT2D eigenvalue weighted by Crippen LogP contribution is 2.17. The van der Waals surface area contributed by atoms with Gasteiger partial charge in [-0.1, -0.05) is 18.2 Å². The number of thiocarbonyl (C=S) groups is 1. The van der Waals surface area contributed by atoms with Crippen molar-refractivity contribution in [3.63, 3.8) is 0 Å². The number of quaternary nitrogens is 1. The largest absolute Gasteiger partial charge is 0.338 e. The Bertz CT molecular complexity index is 883. The van der Waals surface area contributed by atoms with Crippen LogP contribution < -0.4 is 15.5 Å². The van der Waals surface area contributed by atoms with E-state index in [9.17, 15) is 4.79 Å². The molecule has 0 aromatic heterocycles. The van der Waals surface area contributed by atoms with E-state index in [0.29, 0.717) is 6.54 Å². The van der Waals surface area contributed by atoms with Crippen LogP contribution in [-0.4, -0.2) is 48.6 Å². The first-order chi connectivity index (χ1) is 13.8. The van der Waals surface area contributed by atoms with Crippen molar-refractivity contribution in [3.8, 4) is 0 Å². The lowest BCUT2D eigenvalue weighted by Crippen LogP contribution is -3.15. The van der Waals surface area contributed by atoms with Crippen molar-refractivity contribution in [1.82, 2.24) is 4.90 Å². The Hall–Kier alpha value is -2.44. The summed E-state index contributed by atoms with van der Waals surface area (Å²) in [5.74, 6) is 0.0677. The van der Waals surface area contributed by atoms with E-state index in [1.165, 1.54) is 21.6 Å². The minimum atomic E-state index is 0.0677. The van der Waals surface area contributed by atoms with Gasteiger partial charge in [0.1, 0.15) is 0 Å². The number of nitrogens with zero attached hydrogens (tertiary/aromatic N) is 1. The first-order valence-corrected chi connectivity index (χ1v) is 10.6. The van der Waals surface area contributed by atoms with Crippen LogP contribution in [0.3, 0.4) is 0 Å². The summed E-state index contributed by atoms with van der Waals surface area (Å²) in [6.45, 7) is 12.3. The number of nitrogens with one attached hydrogen (secondary N) is 3. The van der Waals surface area contributed by atoms with E-state index < -0.39 is 0 Å². The van der Waals surface area contributed by atoms with Crippen LogP contribution in [0.4, 0.5) is 11.4 Å². The number of anilines is 2. The summed E-state index contributed by atoms with van der Waals surface area (Å²) in [7, 11) is 0. The standard InChI is InChI=1S/C23H30N4OS/c1-16-12-17(2)14-20(13-16)24-23(29)27-10-8-26(9-11-27)15-22(28)25-21-7-5-6-18(3)19(21)4/h5-7,12-14H,8-11,15H2,1-4H3,(H,24,29)(H,25,28)/p+1. The fraction of sp³-hybridized carbons (Fsp3) is 0.391. The Balaban J connectivity index is 1.48. The number of hydrogen-bond donors (Lipinski definition) is 3. The molecule has 0 radical (unpaired) electrons. The SMILES string of the molecule is Cc1cc(C)cc(NC(=S)N2CC[NH+](CC(=O)Nc3cccc(C)c3C)CC2)c1. The summed E-state index contributed by atoms with van der Waals surface area (Å²) >= 11 is 5.61. The van der Waals surface area contributed by atoms with E-state index in [4.69, 9.17) is 12.2 Å². The van der Waals surface area contributed by atoms with Gasteiger partial charge in [0.2, 0.25) is 0 Å². The zero-order valence-electron chi connectivity index (χ0n) is 17.8. The minimum absolute atomic E-state index is 0.0677. The van der Waals surface area contributed by atoms with Gasteiger partial charge in [-0.3, -0.25) is 4.79 Å². The van der Waals surface area contributed by atoms with E-state index in [2.05, 4.69) is 60.6 Å². The summed E-state index contributed by atoms with van der Waals surface area (Å²) in [4.78, 5) is 16.0. The third kappa shape index (κ3) is 5.78. The van der Waals surface area contributed by atoms with E-state index in [1.54, 1.807) is 0 Å². The van der Waals surface area contributed by atoms with E-state index in [1.807, 2.05) is 19.1 Å². The fourth-order valence-corrected chi connectivity index (χ4v) is 4.06. The molecule has 1 fully saturated rings. The zero-order valence-corrected chi connectivity index (χ0v) is 18.6. The molecule has 3 N–H and O–H groups in total. The second-order valence-corrected chi connectivity index (χ2v) is 8.40. The first-order valence-electron chi connectivity index (χ1n) is 10.2. The minimum Gasteiger partial charge on any atom is -0.338 e. The molecule has 29 heavy (non-hydrogen) atoms. The Morgan fingerprint density at radius 3 is 2.34 bits per heavy atom. The molecule has 5 nitrogen and oxygen atoms in total. The van der Waals surface area contributed by atoms with Gasteiger partial charge in [0.15, 0.2) is 11.7 Å². The number of hydrogen-bond acceptors (Lipinski definition) is 2. The van der Waals surface area contributed by atoms with Crippen molar-refractivity contribution >= 4 is 34.6 Å². The van der Waals surface area contributed by atoms with Gasteiger partial charge in [0.25, 0.3) is 5.91 Å². The molecule has 1 heterocycles. The van der Waals surface area contributed by atoms with Crippen LogP contribution in [0.5, 0.6) is 0 Å². The van der Waals surface area contributed by atoms with Gasteiger partial charge >= 0.3 is 0 Å². The van der Waals surface area contributed by atoms with Crippen LogP contribution in [0, 0.1) is 27.7 Å². The third-order valence-corrected chi connectivity index (χ3v) is 5.88. The molecule has 0 saturated carbocycles. The molecule has 2 aromatic carbocycles. The van der Waals surface area contributed by atoms with Crippen LogP contribution in [0.15, 0.2) is 36.4 Å². The molecule has 0 atom stereocenters. The van der Waals surface area contributed by atoms with E-state index in [-0.39, 0.29) is 5.91 Å². The molecule has 0 unspecified atom stereocenters. The normalized spacial score (nSPS) is 14.6. The molecule has 1 aliphatic rings. The smallest absolute Gasteiger partial charge is 0.279 e. The van der Waals surface area contributed by atoms with Crippen LogP contribution >= 0.6 is 12.2 Å². The van der Waals surface area contributed by atoms with Crippen LogP contribution in [0.2, 0.25) is 0 Å². The lowest BCUT2D eigenvalue weighted by molar-refractivity contribution is -0.895. The monoisotopic (exact) mass is 411 g/mol. The molecule has 0 aliphatic carbocycles. The van der Waals surface area contributed by atoms with Crippen molar-refractivity contribution in [2.45, 2.75) is 27.7 Å². The van der Waals surface area contributed by atoms with Crippen molar-refractivity contribution in [1.29, 1.82) is 0 Å². The van der Waals surface area contributed by atoms with Crippen LogP contribution in [-0.2, 0) is 4.79 Å². The maximum Gasteiger partial charge on any atom is 0.279 e. The maximum absolute atomic E-state index is 12.5. The van der Waals surface area contributed by atoms with Crippen LogP contribution in [0.25, 0.3) is 0 Å². The number of aryl methyl sites for hydroxylation is 3. The summed E-state index contributed by atoms with van der Waals surface area (Å²) < 4.78 is 0. The zero-order chi connectivity index (χ0) is 21.0. The molecule has 3 rings (SSSR count).